The Balaban J connectivity index is 1.91. The molecule has 0 aliphatic carbocycles. The summed E-state index contributed by atoms with van der Waals surface area (Å²) in [4.78, 5) is 13.8. The maximum absolute atomic E-state index is 11.4. The first kappa shape index (κ1) is 15.0. The summed E-state index contributed by atoms with van der Waals surface area (Å²) in [6, 6.07) is 10.4. The van der Waals surface area contributed by atoms with Crippen molar-refractivity contribution in [1.82, 2.24) is 4.90 Å². The lowest BCUT2D eigenvalue weighted by Crippen LogP contribution is -2.56. The Kier molecular flexibility index (Phi) is 4.78. The van der Waals surface area contributed by atoms with Crippen molar-refractivity contribution in [2.75, 3.05) is 13.1 Å². The molecule has 1 atom stereocenters. The number of rotatable bonds is 5. The van der Waals surface area contributed by atoms with Crippen molar-refractivity contribution in [3.63, 3.8) is 0 Å². The predicted molar refractivity (Wildman–Crippen MR) is 79.3 cm³/mol. The van der Waals surface area contributed by atoms with E-state index in [0.717, 1.165) is 32.5 Å². The minimum absolute atomic E-state index is 0.0806. The number of piperidine rings is 1. The smallest absolute Gasteiger partial charge is 0.323 e. The van der Waals surface area contributed by atoms with E-state index in [2.05, 4.69) is 29.2 Å². The Hall–Kier alpha value is -1.39. The third-order valence-corrected chi connectivity index (χ3v) is 4.55. The molecular weight excluding hydrogens is 252 g/mol. The van der Waals surface area contributed by atoms with E-state index in [1.165, 1.54) is 5.56 Å². The highest BCUT2D eigenvalue weighted by molar-refractivity contribution is 5.78. The summed E-state index contributed by atoms with van der Waals surface area (Å²) < 4.78 is 0. The molecular formula is C16H24N2O2. The van der Waals surface area contributed by atoms with Gasteiger partial charge in [-0.1, -0.05) is 37.3 Å². The number of likely N-dealkylation sites (tertiary alicyclic amines) is 1. The lowest BCUT2D eigenvalue weighted by Gasteiger charge is -2.39. The summed E-state index contributed by atoms with van der Waals surface area (Å²) in [6.45, 7) is 4.65. The van der Waals surface area contributed by atoms with Gasteiger partial charge in [-0.3, -0.25) is 9.69 Å². The average Bonchev–Trinajstić information content (AvgIpc) is 2.48. The Labute approximate surface area is 120 Å². The second-order valence-corrected chi connectivity index (χ2v) is 5.74. The molecule has 110 valence electrons. The van der Waals surface area contributed by atoms with E-state index < -0.39 is 11.5 Å². The van der Waals surface area contributed by atoms with E-state index in [9.17, 15) is 9.90 Å². The molecule has 0 radical (unpaired) electrons. The minimum Gasteiger partial charge on any atom is -0.480 e. The third kappa shape index (κ3) is 3.19. The number of hydrogen-bond acceptors (Lipinski definition) is 3. The molecule has 0 aromatic heterocycles. The van der Waals surface area contributed by atoms with Gasteiger partial charge in [0.15, 0.2) is 0 Å². The maximum Gasteiger partial charge on any atom is 0.323 e. The van der Waals surface area contributed by atoms with Crippen molar-refractivity contribution in [2.45, 2.75) is 38.3 Å². The Morgan fingerprint density at radius 3 is 2.45 bits per heavy atom. The molecule has 4 heteroatoms. The molecule has 1 saturated heterocycles. The van der Waals surface area contributed by atoms with Crippen LogP contribution < -0.4 is 5.73 Å². The van der Waals surface area contributed by atoms with Crippen molar-refractivity contribution >= 4 is 5.97 Å². The Bertz CT molecular complexity index is 441. The van der Waals surface area contributed by atoms with E-state index >= 15 is 0 Å². The fourth-order valence-corrected chi connectivity index (χ4v) is 3.06. The number of carbonyl (C=O) groups is 1. The highest BCUT2D eigenvalue weighted by Gasteiger charge is 2.41. The van der Waals surface area contributed by atoms with Gasteiger partial charge in [0, 0.05) is 6.54 Å². The van der Waals surface area contributed by atoms with Crippen molar-refractivity contribution < 1.29 is 9.90 Å². The first-order valence-electron chi connectivity index (χ1n) is 7.35. The van der Waals surface area contributed by atoms with Crippen LogP contribution in [0.2, 0.25) is 0 Å². The van der Waals surface area contributed by atoms with Gasteiger partial charge in [0.25, 0.3) is 0 Å². The first-order chi connectivity index (χ1) is 9.56. The number of aliphatic carboxylic acids is 1. The van der Waals surface area contributed by atoms with E-state index in [0.29, 0.717) is 6.42 Å². The van der Waals surface area contributed by atoms with Gasteiger partial charge in [-0.05, 0) is 43.8 Å². The number of hydrogen-bond donors (Lipinski definition) is 2. The van der Waals surface area contributed by atoms with Crippen LogP contribution in [0.25, 0.3) is 0 Å². The molecule has 1 unspecified atom stereocenters. The molecule has 1 heterocycles. The van der Waals surface area contributed by atoms with Crippen LogP contribution in [0.3, 0.4) is 0 Å². The van der Waals surface area contributed by atoms with Gasteiger partial charge in [0.1, 0.15) is 5.54 Å². The number of benzene rings is 1. The highest BCUT2D eigenvalue weighted by atomic mass is 16.4. The monoisotopic (exact) mass is 276 g/mol. The second-order valence-electron chi connectivity index (χ2n) is 5.74. The molecule has 0 spiro atoms. The van der Waals surface area contributed by atoms with Crippen molar-refractivity contribution in [3.8, 4) is 0 Å². The van der Waals surface area contributed by atoms with Gasteiger partial charge in [-0.2, -0.15) is 0 Å². The topological polar surface area (TPSA) is 66.6 Å². The molecule has 3 N–H and O–H groups in total. The SMILES string of the molecule is CCC(N)(C(=O)O)C1CCN(Cc2ccccc2)CC1. The first-order valence-corrected chi connectivity index (χ1v) is 7.35. The zero-order chi connectivity index (χ0) is 14.6. The van der Waals surface area contributed by atoms with Gasteiger partial charge in [0.2, 0.25) is 0 Å². The lowest BCUT2D eigenvalue weighted by molar-refractivity contribution is -0.146. The van der Waals surface area contributed by atoms with E-state index in [1.54, 1.807) is 0 Å². The number of carboxylic acids is 1. The van der Waals surface area contributed by atoms with Crippen LogP contribution in [0.15, 0.2) is 30.3 Å². The molecule has 20 heavy (non-hydrogen) atoms. The fourth-order valence-electron chi connectivity index (χ4n) is 3.06. The molecule has 0 saturated carbocycles. The van der Waals surface area contributed by atoms with Crippen molar-refractivity contribution in [2.24, 2.45) is 11.7 Å². The van der Waals surface area contributed by atoms with Crippen molar-refractivity contribution in [3.05, 3.63) is 35.9 Å². The standard InChI is InChI=1S/C16H24N2O2/c1-2-16(17,15(19)20)14-8-10-18(11-9-14)12-13-6-4-3-5-7-13/h3-7,14H,2,8-12,17H2,1H3,(H,19,20). The summed E-state index contributed by atoms with van der Waals surface area (Å²) in [6.07, 6.45) is 2.22. The number of nitrogens with zero attached hydrogens (tertiary/aromatic N) is 1. The zero-order valence-corrected chi connectivity index (χ0v) is 12.1. The second kappa shape index (κ2) is 6.37. The van der Waals surface area contributed by atoms with Gasteiger partial charge in [0.05, 0.1) is 0 Å². The van der Waals surface area contributed by atoms with Crippen LogP contribution in [-0.2, 0) is 11.3 Å². The van der Waals surface area contributed by atoms with Crippen LogP contribution in [0.1, 0.15) is 31.7 Å². The summed E-state index contributed by atoms with van der Waals surface area (Å²) in [5.74, 6) is -0.779. The molecule has 1 aliphatic heterocycles. The van der Waals surface area contributed by atoms with E-state index in [-0.39, 0.29) is 5.92 Å². The van der Waals surface area contributed by atoms with Crippen molar-refractivity contribution in [1.29, 1.82) is 0 Å². The molecule has 0 bridgehead atoms. The normalized spacial score (nSPS) is 20.5. The average molecular weight is 276 g/mol. The zero-order valence-electron chi connectivity index (χ0n) is 12.1. The van der Waals surface area contributed by atoms with Crippen LogP contribution in [0.5, 0.6) is 0 Å². The van der Waals surface area contributed by atoms with Gasteiger partial charge in [-0.15, -0.1) is 0 Å². The largest absolute Gasteiger partial charge is 0.480 e. The summed E-state index contributed by atoms with van der Waals surface area (Å²) >= 11 is 0. The quantitative estimate of drug-likeness (QED) is 0.864. The molecule has 2 rings (SSSR count). The van der Waals surface area contributed by atoms with E-state index in [4.69, 9.17) is 5.73 Å². The maximum atomic E-state index is 11.4. The summed E-state index contributed by atoms with van der Waals surface area (Å²) in [5.41, 5.74) is 6.34. The molecule has 4 nitrogen and oxygen atoms in total. The van der Waals surface area contributed by atoms with Crippen LogP contribution in [0, 0.1) is 5.92 Å². The summed E-state index contributed by atoms with van der Waals surface area (Å²) in [5, 5.41) is 9.35. The van der Waals surface area contributed by atoms with Crippen LogP contribution >= 0.6 is 0 Å². The molecule has 0 amide bonds. The molecule has 1 aromatic carbocycles. The van der Waals surface area contributed by atoms with Crippen LogP contribution in [0.4, 0.5) is 0 Å². The Morgan fingerprint density at radius 1 is 1.35 bits per heavy atom. The molecule has 1 aromatic rings. The Morgan fingerprint density at radius 2 is 1.95 bits per heavy atom. The van der Waals surface area contributed by atoms with Gasteiger partial charge in [-0.25, -0.2) is 0 Å². The molecule has 1 fully saturated rings. The predicted octanol–water partition coefficient (Wildman–Crippen LogP) is 2.09. The van der Waals surface area contributed by atoms with E-state index in [1.807, 2.05) is 13.0 Å². The molecule has 1 aliphatic rings. The number of nitrogens with two attached hydrogens (primary N) is 1. The number of carboxylic acid groups (broad SMARTS) is 1. The highest BCUT2D eigenvalue weighted by Crippen LogP contribution is 2.30. The fraction of sp³-hybridized carbons (Fsp3) is 0.562. The van der Waals surface area contributed by atoms with Gasteiger partial charge < -0.3 is 10.8 Å². The third-order valence-electron chi connectivity index (χ3n) is 4.55. The minimum atomic E-state index is -1.06. The lowest BCUT2D eigenvalue weighted by atomic mass is 9.76. The van der Waals surface area contributed by atoms with Gasteiger partial charge >= 0.3 is 5.97 Å². The van der Waals surface area contributed by atoms with Crippen LogP contribution in [-0.4, -0.2) is 34.6 Å². The summed E-state index contributed by atoms with van der Waals surface area (Å²) in [7, 11) is 0.